The number of rotatable bonds is 3. The van der Waals surface area contributed by atoms with Gasteiger partial charge in [-0.05, 0) is 12.1 Å². The van der Waals surface area contributed by atoms with Crippen LogP contribution >= 0.6 is 0 Å². The Hall–Kier alpha value is -2.19. The van der Waals surface area contributed by atoms with E-state index in [1.54, 1.807) is 18.3 Å². The predicted molar refractivity (Wildman–Crippen MR) is 84.2 cm³/mol. The van der Waals surface area contributed by atoms with Crippen molar-refractivity contribution in [2.45, 2.75) is 6.04 Å². The van der Waals surface area contributed by atoms with Gasteiger partial charge in [-0.2, -0.15) is 0 Å². The molecule has 2 fully saturated rings. The van der Waals surface area contributed by atoms with Crippen LogP contribution in [0.4, 0.5) is 5.82 Å². The molecule has 3 rings (SSSR count). The normalized spacial score (nSPS) is 22.0. The lowest BCUT2D eigenvalue weighted by molar-refractivity contribution is -0.136. The zero-order valence-corrected chi connectivity index (χ0v) is 12.9. The van der Waals surface area contributed by atoms with Gasteiger partial charge in [-0.3, -0.25) is 9.59 Å². The van der Waals surface area contributed by atoms with E-state index in [4.69, 9.17) is 10.5 Å². The Morgan fingerprint density at radius 1 is 1.30 bits per heavy atom. The van der Waals surface area contributed by atoms with Crippen LogP contribution in [0.25, 0.3) is 0 Å². The van der Waals surface area contributed by atoms with E-state index in [-0.39, 0.29) is 11.9 Å². The summed E-state index contributed by atoms with van der Waals surface area (Å²) in [7, 11) is 0. The van der Waals surface area contributed by atoms with E-state index in [0.29, 0.717) is 57.3 Å². The number of nitrogens with two attached hydrogens (primary N) is 1. The van der Waals surface area contributed by atoms with Crippen LogP contribution < -0.4 is 16.0 Å². The van der Waals surface area contributed by atoms with Gasteiger partial charge in [0, 0.05) is 38.9 Å². The van der Waals surface area contributed by atoms with Gasteiger partial charge in [-0.15, -0.1) is 0 Å². The predicted octanol–water partition coefficient (Wildman–Crippen LogP) is -1.18. The van der Waals surface area contributed by atoms with E-state index in [1.165, 1.54) is 0 Å². The van der Waals surface area contributed by atoms with E-state index >= 15 is 0 Å². The first-order valence-electron chi connectivity index (χ1n) is 7.76. The minimum atomic E-state index is -0.491. The second-order valence-electron chi connectivity index (χ2n) is 5.63. The molecular formula is C15H21N5O3. The van der Waals surface area contributed by atoms with Crippen LogP contribution in [-0.4, -0.2) is 73.7 Å². The van der Waals surface area contributed by atoms with Gasteiger partial charge >= 0.3 is 0 Å². The zero-order valence-electron chi connectivity index (χ0n) is 12.9. The number of morpholine rings is 1. The molecule has 3 N–H and O–H groups in total. The zero-order chi connectivity index (χ0) is 16.2. The number of nitrogens with one attached hydrogen (secondary N) is 1. The molecule has 8 heteroatoms. The molecule has 1 atom stereocenters. The molecule has 3 heterocycles. The van der Waals surface area contributed by atoms with Crippen LogP contribution in [-0.2, 0) is 9.53 Å². The number of hydrogen-bond donors (Lipinski definition) is 2. The summed E-state index contributed by atoms with van der Waals surface area (Å²) in [5, 5.41) is 3.18. The largest absolute Gasteiger partial charge is 0.378 e. The average Bonchev–Trinajstić information content (AvgIpc) is 2.62. The lowest BCUT2D eigenvalue weighted by Gasteiger charge is -2.38. The first kappa shape index (κ1) is 15.7. The first-order chi connectivity index (χ1) is 11.2. The fourth-order valence-corrected chi connectivity index (χ4v) is 2.92. The van der Waals surface area contributed by atoms with Gasteiger partial charge in [0.1, 0.15) is 11.9 Å². The maximum atomic E-state index is 12.4. The molecule has 1 aromatic rings. The Morgan fingerprint density at radius 3 is 2.74 bits per heavy atom. The fourth-order valence-electron chi connectivity index (χ4n) is 2.92. The third-order valence-corrected chi connectivity index (χ3v) is 4.16. The molecule has 23 heavy (non-hydrogen) atoms. The van der Waals surface area contributed by atoms with Crippen molar-refractivity contribution in [1.82, 2.24) is 15.2 Å². The maximum Gasteiger partial charge on any atom is 0.252 e. The Bertz CT molecular complexity index is 580. The van der Waals surface area contributed by atoms with E-state index in [1.807, 2.05) is 9.80 Å². The van der Waals surface area contributed by atoms with Crippen molar-refractivity contribution in [1.29, 1.82) is 0 Å². The number of anilines is 1. The summed E-state index contributed by atoms with van der Waals surface area (Å²) in [6, 6.07) is 3.11. The Balaban J connectivity index is 1.62. The summed E-state index contributed by atoms with van der Waals surface area (Å²) in [5.74, 6) is 0.168. The first-order valence-corrected chi connectivity index (χ1v) is 7.76. The molecule has 124 valence electrons. The number of nitrogens with zero attached hydrogens (tertiary/aromatic N) is 3. The number of aromatic nitrogens is 1. The van der Waals surface area contributed by atoms with E-state index in [0.717, 1.165) is 0 Å². The van der Waals surface area contributed by atoms with Crippen LogP contribution in [0, 0.1) is 0 Å². The van der Waals surface area contributed by atoms with Crippen LogP contribution in [0.2, 0.25) is 0 Å². The Kier molecular flexibility index (Phi) is 4.73. The molecule has 0 spiro atoms. The Morgan fingerprint density at radius 2 is 2.09 bits per heavy atom. The summed E-state index contributed by atoms with van der Waals surface area (Å²) in [4.78, 5) is 32.1. The Labute approximate surface area is 134 Å². The molecule has 0 bridgehead atoms. The molecule has 0 aromatic carbocycles. The van der Waals surface area contributed by atoms with Gasteiger partial charge in [0.2, 0.25) is 5.91 Å². The fraction of sp³-hybridized carbons (Fsp3) is 0.533. The molecule has 1 aromatic heterocycles. The lowest BCUT2D eigenvalue weighted by atomic mass is 10.2. The van der Waals surface area contributed by atoms with E-state index < -0.39 is 5.91 Å². The maximum absolute atomic E-state index is 12.4. The highest BCUT2D eigenvalue weighted by atomic mass is 16.5. The minimum absolute atomic E-state index is 0.0699. The summed E-state index contributed by atoms with van der Waals surface area (Å²) < 4.78 is 5.34. The number of pyridine rings is 1. The molecule has 2 aliphatic rings. The van der Waals surface area contributed by atoms with Crippen LogP contribution in [0.15, 0.2) is 18.3 Å². The molecule has 2 amide bonds. The molecule has 1 unspecified atom stereocenters. The van der Waals surface area contributed by atoms with Gasteiger partial charge in [0.15, 0.2) is 0 Å². The van der Waals surface area contributed by atoms with Gasteiger partial charge in [-0.25, -0.2) is 4.98 Å². The van der Waals surface area contributed by atoms with Gasteiger partial charge in [0.05, 0.1) is 18.8 Å². The summed E-state index contributed by atoms with van der Waals surface area (Å²) in [6.45, 7) is 4.19. The van der Waals surface area contributed by atoms with Gasteiger partial charge in [0.25, 0.3) is 5.91 Å². The topological polar surface area (TPSA) is 101 Å². The summed E-state index contributed by atoms with van der Waals surface area (Å²) in [6.07, 6.45) is 1.64. The number of ether oxygens (including phenoxy) is 1. The van der Waals surface area contributed by atoms with E-state index in [9.17, 15) is 9.59 Å². The standard InChI is InChI=1S/C15H21N5O3/c16-13(21)11-2-1-3-18-14(11)19-5-7-20(8-6-19)15(22)12-10-23-9-4-17-12/h1-3,12,17H,4-10H2,(H2,16,21). The van der Waals surface area contributed by atoms with Gasteiger partial charge in [-0.1, -0.05) is 0 Å². The second-order valence-corrected chi connectivity index (χ2v) is 5.63. The van der Waals surface area contributed by atoms with Crippen molar-refractivity contribution >= 4 is 17.6 Å². The highest BCUT2D eigenvalue weighted by Crippen LogP contribution is 2.18. The number of amides is 2. The van der Waals surface area contributed by atoms with E-state index in [2.05, 4.69) is 10.3 Å². The SMILES string of the molecule is NC(=O)c1cccnc1N1CCN(C(=O)C2COCCN2)CC1. The third-order valence-electron chi connectivity index (χ3n) is 4.16. The number of hydrogen-bond acceptors (Lipinski definition) is 6. The van der Waals surface area contributed by atoms with Crippen molar-refractivity contribution < 1.29 is 14.3 Å². The van der Waals surface area contributed by atoms with Crippen molar-refractivity contribution in [2.24, 2.45) is 5.73 Å². The summed E-state index contributed by atoms with van der Waals surface area (Å²) >= 11 is 0. The second kappa shape index (κ2) is 6.93. The summed E-state index contributed by atoms with van der Waals surface area (Å²) in [5.41, 5.74) is 5.81. The molecule has 2 saturated heterocycles. The number of piperazine rings is 1. The van der Waals surface area contributed by atoms with Crippen molar-refractivity contribution in [3.8, 4) is 0 Å². The third kappa shape index (κ3) is 3.43. The molecule has 8 nitrogen and oxygen atoms in total. The molecule has 0 aliphatic carbocycles. The lowest BCUT2D eigenvalue weighted by Crippen LogP contribution is -2.57. The smallest absolute Gasteiger partial charge is 0.252 e. The molecular weight excluding hydrogens is 298 g/mol. The van der Waals surface area contributed by atoms with Crippen LogP contribution in [0.1, 0.15) is 10.4 Å². The van der Waals surface area contributed by atoms with Crippen LogP contribution in [0.3, 0.4) is 0 Å². The molecule has 2 aliphatic heterocycles. The molecule has 0 radical (unpaired) electrons. The van der Waals surface area contributed by atoms with Gasteiger partial charge < -0.3 is 25.6 Å². The monoisotopic (exact) mass is 319 g/mol. The van der Waals surface area contributed by atoms with Crippen molar-refractivity contribution in [3.05, 3.63) is 23.9 Å². The minimum Gasteiger partial charge on any atom is -0.378 e. The highest BCUT2D eigenvalue weighted by molar-refractivity contribution is 5.97. The molecule has 0 saturated carbocycles. The van der Waals surface area contributed by atoms with Crippen molar-refractivity contribution in [2.75, 3.05) is 50.8 Å². The number of carbonyl (C=O) groups is 2. The van der Waals surface area contributed by atoms with Crippen LogP contribution in [0.5, 0.6) is 0 Å². The highest BCUT2D eigenvalue weighted by Gasteiger charge is 2.29. The quantitative estimate of drug-likeness (QED) is 0.727. The van der Waals surface area contributed by atoms with Crippen molar-refractivity contribution in [3.63, 3.8) is 0 Å². The number of carbonyl (C=O) groups excluding carboxylic acids is 2. The number of primary amides is 1. The average molecular weight is 319 g/mol.